The van der Waals surface area contributed by atoms with Crippen LogP contribution in [-0.2, 0) is 0 Å². The number of benzene rings is 1. The fourth-order valence-corrected chi connectivity index (χ4v) is 1.17. The molecule has 84 valence electrons. The summed E-state index contributed by atoms with van der Waals surface area (Å²) in [4.78, 5) is 0. The van der Waals surface area contributed by atoms with Gasteiger partial charge in [-0.15, -0.1) is 0 Å². The number of aliphatic hydroxyl groups is 1. The number of nitrogens with two attached hydrogens (primary N) is 1. The smallest absolute Gasteiger partial charge is 0.121 e. The third-order valence-electron chi connectivity index (χ3n) is 1.88. The molecule has 0 saturated carbocycles. The van der Waals surface area contributed by atoms with Gasteiger partial charge in [-0.05, 0) is 12.1 Å². The zero-order valence-electron chi connectivity index (χ0n) is 8.78. The molecule has 0 aliphatic rings. The van der Waals surface area contributed by atoms with Crippen LogP contribution in [0.25, 0.3) is 0 Å². The molecule has 0 aromatic heterocycles. The molecule has 0 aliphatic heterocycles. The molecular weight excluding hydrogens is 192 g/mol. The largest absolute Gasteiger partial charge is 0.493 e. The van der Waals surface area contributed by atoms with Gasteiger partial charge in [0.15, 0.2) is 0 Å². The lowest BCUT2D eigenvalue weighted by molar-refractivity contribution is 0.233. The molecule has 4 nitrogen and oxygen atoms in total. The molecule has 0 unspecified atom stereocenters. The highest BCUT2D eigenvalue weighted by Gasteiger charge is 1.95. The predicted molar refractivity (Wildman–Crippen MR) is 61.2 cm³/mol. The van der Waals surface area contributed by atoms with Gasteiger partial charge in [0.1, 0.15) is 5.75 Å². The number of nitrogens with one attached hydrogen (secondary N) is 1. The first kappa shape index (κ1) is 11.8. The van der Waals surface area contributed by atoms with Crippen LogP contribution in [-0.4, -0.2) is 31.4 Å². The van der Waals surface area contributed by atoms with Gasteiger partial charge in [0.25, 0.3) is 0 Å². The first-order chi connectivity index (χ1) is 7.36. The number of ether oxygens (including phenoxy) is 1. The lowest BCUT2D eigenvalue weighted by atomic mass is 10.3. The minimum absolute atomic E-state index is 0.158. The van der Waals surface area contributed by atoms with E-state index in [0.717, 1.165) is 18.0 Å². The Morgan fingerprint density at radius 1 is 1.40 bits per heavy atom. The summed E-state index contributed by atoms with van der Waals surface area (Å²) in [6.07, 6.45) is 0.653. The Kier molecular flexibility index (Phi) is 5.58. The predicted octanol–water partition coefficient (Wildman–Crippen LogP) is 0.818. The Morgan fingerprint density at radius 2 is 2.27 bits per heavy atom. The number of hydrogen-bond donors (Lipinski definition) is 3. The zero-order valence-corrected chi connectivity index (χ0v) is 8.78. The quantitative estimate of drug-likeness (QED) is 0.583. The molecule has 0 amide bonds. The summed E-state index contributed by atoms with van der Waals surface area (Å²) in [5.74, 6) is 0.811. The molecule has 0 saturated heterocycles. The first-order valence-corrected chi connectivity index (χ1v) is 5.14. The molecule has 0 aliphatic carbocycles. The average molecular weight is 210 g/mol. The standard InChI is InChI=1S/C11H18N2O2/c12-5-6-13-10-3-1-4-11(9-10)15-8-2-7-14/h1,3-4,9,13-14H,2,5-8,12H2. The van der Waals surface area contributed by atoms with Crippen molar-refractivity contribution in [2.45, 2.75) is 6.42 Å². The van der Waals surface area contributed by atoms with Crippen LogP contribution in [0.1, 0.15) is 6.42 Å². The van der Waals surface area contributed by atoms with Crippen LogP contribution in [0.3, 0.4) is 0 Å². The van der Waals surface area contributed by atoms with Crippen molar-refractivity contribution in [3.05, 3.63) is 24.3 Å². The molecule has 0 heterocycles. The molecule has 1 aromatic carbocycles. The Morgan fingerprint density at radius 3 is 3.00 bits per heavy atom. The van der Waals surface area contributed by atoms with Gasteiger partial charge in [0, 0.05) is 37.9 Å². The van der Waals surface area contributed by atoms with Crippen LogP contribution in [0, 0.1) is 0 Å². The Hall–Kier alpha value is -1.26. The van der Waals surface area contributed by atoms with E-state index in [1.54, 1.807) is 0 Å². The van der Waals surface area contributed by atoms with Gasteiger partial charge in [0.2, 0.25) is 0 Å². The molecular formula is C11H18N2O2. The summed E-state index contributed by atoms with van der Waals surface area (Å²) in [6, 6.07) is 7.71. The van der Waals surface area contributed by atoms with E-state index in [-0.39, 0.29) is 6.61 Å². The Bertz CT molecular complexity index is 279. The van der Waals surface area contributed by atoms with Crippen LogP contribution < -0.4 is 15.8 Å². The van der Waals surface area contributed by atoms with Crippen LogP contribution in [0.5, 0.6) is 5.75 Å². The highest BCUT2D eigenvalue weighted by atomic mass is 16.5. The second-order valence-corrected chi connectivity index (χ2v) is 3.17. The maximum Gasteiger partial charge on any atom is 0.121 e. The van der Waals surface area contributed by atoms with E-state index in [1.807, 2.05) is 24.3 Å². The van der Waals surface area contributed by atoms with E-state index in [9.17, 15) is 0 Å². The highest BCUT2D eigenvalue weighted by molar-refractivity contribution is 5.48. The molecule has 0 spiro atoms. The molecule has 0 atom stereocenters. The van der Waals surface area contributed by atoms with Crippen LogP contribution in [0.4, 0.5) is 5.69 Å². The van der Waals surface area contributed by atoms with Gasteiger partial charge in [0.05, 0.1) is 6.61 Å². The van der Waals surface area contributed by atoms with E-state index in [4.69, 9.17) is 15.6 Å². The normalized spacial score (nSPS) is 10.0. The van der Waals surface area contributed by atoms with Crippen LogP contribution in [0.2, 0.25) is 0 Å². The monoisotopic (exact) mass is 210 g/mol. The number of aliphatic hydroxyl groups excluding tert-OH is 1. The van der Waals surface area contributed by atoms with Crippen molar-refractivity contribution >= 4 is 5.69 Å². The molecule has 15 heavy (non-hydrogen) atoms. The van der Waals surface area contributed by atoms with E-state index in [0.29, 0.717) is 19.6 Å². The molecule has 0 radical (unpaired) electrons. The van der Waals surface area contributed by atoms with Gasteiger partial charge >= 0.3 is 0 Å². The minimum Gasteiger partial charge on any atom is -0.493 e. The minimum atomic E-state index is 0.158. The Balaban J connectivity index is 2.42. The molecule has 1 aromatic rings. The molecule has 0 fully saturated rings. The van der Waals surface area contributed by atoms with Gasteiger partial charge in [-0.3, -0.25) is 0 Å². The SMILES string of the molecule is NCCNc1cccc(OCCCO)c1. The fourth-order valence-electron chi connectivity index (χ4n) is 1.17. The third-order valence-corrected chi connectivity index (χ3v) is 1.88. The molecule has 4 N–H and O–H groups in total. The lowest BCUT2D eigenvalue weighted by Gasteiger charge is -2.08. The maximum absolute atomic E-state index is 8.61. The van der Waals surface area contributed by atoms with Crippen LogP contribution in [0.15, 0.2) is 24.3 Å². The second-order valence-electron chi connectivity index (χ2n) is 3.17. The van der Waals surface area contributed by atoms with Gasteiger partial charge in [-0.2, -0.15) is 0 Å². The fraction of sp³-hybridized carbons (Fsp3) is 0.455. The molecule has 4 heteroatoms. The summed E-state index contributed by atoms with van der Waals surface area (Å²) in [5.41, 5.74) is 6.39. The van der Waals surface area contributed by atoms with Crippen molar-refractivity contribution in [2.24, 2.45) is 5.73 Å². The van der Waals surface area contributed by atoms with Gasteiger partial charge in [-0.25, -0.2) is 0 Å². The lowest BCUT2D eigenvalue weighted by Crippen LogP contribution is -2.13. The van der Waals surface area contributed by atoms with Crippen molar-refractivity contribution in [1.29, 1.82) is 0 Å². The summed E-state index contributed by atoms with van der Waals surface area (Å²) >= 11 is 0. The van der Waals surface area contributed by atoms with E-state index < -0.39 is 0 Å². The van der Waals surface area contributed by atoms with Gasteiger partial charge < -0.3 is 20.9 Å². The number of anilines is 1. The molecule has 1 rings (SSSR count). The van der Waals surface area contributed by atoms with Crippen molar-refractivity contribution in [3.63, 3.8) is 0 Å². The maximum atomic E-state index is 8.61. The summed E-state index contributed by atoms with van der Waals surface area (Å²) in [5, 5.41) is 11.8. The van der Waals surface area contributed by atoms with Crippen molar-refractivity contribution in [1.82, 2.24) is 0 Å². The van der Waals surface area contributed by atoms with Crippen molar-refractivity contribution < 1.29 is 9.84 Å². The molecule has 0 bridgehead atoms. The summed E-state index contributed by atoms with van der Waals surface area (Å²) in [7, 11) is 0. The number of rotatable bonds is 7. The summed E-state index contributed by atoms with van der Waals surface area (Å²) in [6.45, 7) is 2.05. The number of hydrogen-bond acceptors (Lipinski definition) is 4. The zero-order chi connectivity index (χ0) is 10.9. The summed E-state index contributed by atoms with van der Waals surface area (Å²) < 4.78 is 5.44. The average Bonchev–Trinajstić information content (AvgIpc) is 2.27. The van der Waals surface area contributed by atoms with Crippen molar-refractivity contribution in [3.8, 4) is 5.75 Å². The second kappa shape index (κ2) is 7.09. The first-order valence-electron chi connectivity index (χ1n) is 5.14. The Labute approximate surface area is 90.1 Å². The van der Waals surface area contributed by atoms with Crippen LogP contribution >= 0.6 is 0 Å². The topological polar surface area (TPSA) is 67.5 Å². The third kappa shape index (κ3) is 4.67. The van der Waals surface area contributed by atoms with E-state index in [2.05, 4.69) is 5.32 Å². The van der Waals surface area contributed by atoms with E-state index >= 15 is 0 Å². The highest BCUT2D eigenvalue weighted by Crippen LogP contribution is 2.16. The van der Waals surface area contributed by atoms with Gasteiger partial charge in [-0.1, -0.05) is 6.07 Å². The van der Waals surface area contributed by atoms with Crippen molar-refractivity contribution in [2.75, 3.05) is 31.6 Å². The van der Waals surface area contributed by atoms with E-state index in [1.165, 1.54) is 0 Å².